The molecule has 0 aromatic heterocycles. The molecular weight excluding hydrogens is 244 g/mol. The molecule has 2 bridgehead atoms. The lowest BCUT2D eigenvalue weighted by atomic mass is 9.95. The Kier molecular flexibility index (Phi) is 2.99. The lowest BCUT2D eigenvalue weighted by molar-refractivity contribution is 0.102. The van der Waals surface area contributed by atoms with Gasteiger partial charge in [0.05, 0.1) is 18.2 Å². The van der Waals surface area contributed by atoms with Crippen LogP contribution >= 0.6 is 12.2 Å². The minimum absolute atomic E-state index is 0.394. The van der Waals surface area contributed by atoms with Gasteiger partial charge in [-0.05, 0) is 49.9 Å². The summed E-state index contributed by atoms with van der Waals surface area (Å²) in [5.74, 6) is 0. The number of hydrogen-bond donors (Lipinski definition) is 2. The van der Waals surface area contributed by atoms with Crippen molar-refractivity contribution < 1.29 is 4.74 Å². The van der Waals surface area contributed by atoms with Crippen molar-refractivity contribution in [3.8, 4) is 0 Å². The third-order valence-electron chi connectivity index (χ3n) is 3.95. The van der Waals surface area contributed by atoms with Crippen LogP contribution in [0.3, 0.4) is 0 Å². The SMILES string of the molecule is Cc1cc(NC2CC3CCC2O3)ccc1C(N)=S. The zero-order valence-electron chi connectivity index (χ0n) is 10.5. The predicted octanol–water partition coefficient (Wildman–Crippen LogP) is 2.36. The average molecular weight is 262 g/mol. The van der Waals surface area contributed by atoms with E-state index in [1.54, 1.807) is 0 Å². The Bertz CT molecular complexity index is 489. The van der Waals surface area contributed by atoms with E-state index in [0.29, 0.717) is 23.2 Å². The van der Waals surface area contributed by atoms with Crippen LogP contribution in [0.2, 0.25) is 0 Å². The molecule has 1 aromatic carbocycles. The first-order valence-corrected chi connectivity index (χ1v) is 6.87. The molecule has 3 N–H and O–H groups in total. The van der Waals surface area contributed by atoms with E-state index < -0.39 is 0 Å². The number of aryl methyl sites for hydroxylation is 1. The van der Waals surface area contributed by atoms with Crippen LogP contribution in [-0.2, 0) is 4.74 Å². The van der Waals surface area contributed by atoms with Gasteiger partial charge >= 0.3 is 0 Å². The van der Waals surface area contributed by atoms with Gasteiger partial charge in [0.2, 0.25) is 0 Å². The molecular formula is C14H18N2OS. The van der Waals surface area contributed by atoms with E-state index in [1.165, 1.54) is 12.8 Å². The highest BCUT2D eigenvalue weighted by atomic mass is 32.1. The Balaban J connectivity index is 1.74. The van der Waals surface area contributed by atoms with Gasteiger partial charge in [0.15, 0.2) is 0 Å². The average Bonchev–Trinajstić information content (AvgIpc) is 2.90. The summed E-state index contributed by atoms with van der Waals surface area (Å²) in [7, 11) is 0. The molecule has 3 rings (SSSR count). The van der Waals surface area contributed by atoms with E-state index in [9.17, 15) is 0 Å². The maximum absolute atomic E-state index is 5.85. The smallest absolute Gasteiger partial charge is 0.104 e. The first-order valence-electron chi connectivity index (χ1n) is 6.46. The van der Waals surface area contributed by atoms with E-state index in [0.717, 1.165) is 23.2 Å². The van der Waals surface area contributed by atoms with E-state index in [-0.39, 0.29) is 0 Å². The van der Waals surface area contributed by atoms with E-state index in [2.05, 4.69) is 11.4 Å². The van der Waals surface area contributed by atoms with Crippen LogP contribution in [0.1, 0.15) is 30.4 Å². The molecule has 0 saturated carbocycles. The molecule has 2 fully saturated rings. The Morgan fingerprint density at radius 1 is 1.44 bits per heavy atom. The van der Waals surface area contributed by atoms with Crippen LogP contribution < -0.4 is 11.1 Å². The number of rotatable bonds is 3. The number of benzene rings is 1. The van der Waals surface area contributed by atoms with Crippen LogP contribution in [0, 0.1) is 6.92 Å². The number of nitrogens with one attached hydrogen (secondary N) is 1. The maximum atomic E-state index is 5.85. The number of ether oxygens (including phenoxy) is 1. The van der Waals surface area contributed by atoms with Gasteiger partial charge in [-0.1, -0.05) is 12.2 Å². The number of fused-ring (bicyclic) bond motifs is 2. The minimum atomic E-state index is 0.394. The standard InChI is InChI=1S/C14H18N2OS/c1-8-6-9(2-4-11(8)14(15)18)16-12-7-10-3-5-13(12)17-10/h2,4,6,10,12-13,16H,3,5,7H2,1H3,(H2,15,18). The maximum Gasteiger partial charge on any atom is 0.104 e. The lowest BCUT2D eigenvalue weighted by Crippen LogP contribution is -2.30. The molecule has 2 heterocycles. The molecule has 2 aliphatic heterocycles. The van der Waals surface area contributed by atoms with Crippen molar-refractivity contribution in [3.63, 3.8) is 0 Å². The summed E-state index contributed by atoms with van der Waals surface area (Å²) < 4.78 is 5.85. The van der Waals surface area contributed by atoms with Crippen molar-refractivity contribution in [3.05, 3.63) is 29.3 Å². The monoisotopic (exact) mass is 262 g/mol. The highest BCUT2D eigenvalue weighted by molar-refractivity contribution is 7.80. The summed E-state index contributed by atoms with van der Waals surface area (Å²) in [6, 6.07) is 6.61. The summed E-state index contributed by atoms with van der Waals surface area (Å²) in [6.07, 6.45) is 4.41. The van der Waals surface area contributed by atoms with Crippen LogP contribution in [0.4, 0.5) is 5.69 Å². The number of anilines is 1. The van der Waals surface area contributed by atoms with Crippen molar-refractivity contribution in [2.75, 3.05) is 5.32 Å². The minimum Gasteiger partial charge on any atom is -0.389 e. The first kappa shape index (κ1) is 11.9. The highest BCUT2D eigenvalue weighted by Crippen LogP contribution is 2.36. The molecule has 18 heavy (non-hydrogen) atoms. The summed E-state index contributed by atoms with van der Waals surface area (Å²) in [5, 5.41) is 3.57. The van der Waals surface area contributed by atoms with Crippen molar-refractivity contribution in [2.45, 2.75) is 44.4 Å². The molecule has 4 heteroatoms. The molecule has 0 spiro atoms. The number of thiocarbonyl (C=S) groups is 1. The van der Waals surface area contributed by atoms with E-state index in [4.69, 9.17) is 22.7 Å². The molecule has 1 aromatic rings. The topological polar surface area (TPSA) is 47.3 Å². The Morgan fingerprint density at radius 3 is 2.83 bits per heavy atom. The van der Waals surface area contributed by atoms with Crippen molar-refractivity contribution >= 4 is 22.9 Å². The van der Waals surface area contributed by atoms with Gasteiger partial charge in [0.1, 0.15) is 4.99 Å². The summed E-state index contributed by atoms with van der Waals surface area (Å²) in [4.78, 5) is 0.460. The largest absolute Gasteiger partial charge is 0.389 e. The molecule has 3 nitrogen and oxygen atoms in total. The third-order valence-corrected chi connectivity index (χ3v) is 4.17. The van der Waals surface area contributed by atoms with Gasteiger partial charge < -0.3 is 15.8 Å². The summed E-state index contributed by atoms with van der Waals surface area (Å²) >= 11 is 5.02. The normalized spacial score (nSPS) is 29.5. The summed E-state index contributed by atoms with van der Waals surface area (Å²) in [5.41, 5.74) is 8.88. The molecule has 2 saturated heterocycles. The van der Waals surface area contributed by atoms with Gasteiger partial charge in [-0.15, -0.1) is 0 Å². The van der Waals surface area contributed by atoms with Gasteiger partial charge in [0, 0.05) is 11.3 Å². The summed E-state index contributed by atoms with van der Waals surface area (Å²) in [6.45, 7) is 2.04. The van der Waals surface area contributed by atoms with Crippen LogP contribution in [-0.4, -0.2) is 23.2 Å². The van der Waals surface area contributed by atoms with Crippen molar-refractivity contribution in [1.82, 2.24) is 0 Å². The predicted molar refractivity (Wildman–Crippen MR) is 77.0 cm³/mol. The Labute approximate surface area is 113 Å². The first-order chi connectivity index (χ1) is 8.63. The number of nitrogens with two attached hydrogens (primary N) is 1. The van der Waals surface area contributed by atoms with Gasteiger partial charge in [-0.3, -0.25) is 0 Å². The van der Waals surface area contributed by atoms with Gasteiger partial charge in [-0.2, -0.15) is 0 Å². The zero-order chi connectivity index (χ0) is 12.7. The van der Waals surface area contributed by atoms with E-state index >= 15 is 0 Å². The number of hydrogen-bond acceptors (Lipinski definition) is 3. The second-order valence-electron chi connectivity index (χ2n) is 5.25. The second-order valence-corrected chi connectivity index (χ2v) is 5.69. The molecule has 0 amide bonds. The molecule has 2 aliphatic rings. The highest BCUT2D eigenvalue weighted by Gasteiger charge is 2.40. The quantitative estimate of drug-likeness (QED) is 0.821. The van der Waals surface area contributed by atoms with Gasteiger partial charge in [-0.25, -0.2) is 0 Å². The van der Waals surface area contributed by atoms with E-state index in [1.807, 2.05) is 19.1 Å². The molecule has 0 aliphatic carbocycles. The third kappa shape index (κ3) is 2.10. The molecule has 0 radical (unpaired) electrons. The molecule has 3 unspecified atom stereocenters. The zero-order valence-corrected chi connectivity index (χ0v) is 11.3. The fourth-order valence-electron chi connectivity index (χ4n) is 3.03. The lowest BCUT2D eigenvalue weighted by Gasteiger charge is -2.21. The van der Waals surface area contributed by atoms with Crippen molar-refractivity contribution in [1.29, 1.82) is 0 Å². The molecule has 3 atom stereocenters. The van der Waals surface area contributed by atoms with Crippen molar-refractivity contribution in [2.24, 2.45) is 5.73 Å². The van der Waals surface area contributed by atoms with Crippen LogP contribution in [0.5, 0.6) is 0 Å². The van der Waals surface area contributed by atoms with Crippen LogP contribution in [0.25, 0.3) is 0 Å². The Morgan fingerprint density at radius 2 is 2.28 bits per heavy atom. The van der Waals surface area contributed by atoms with Gasteiger partial charge in [0.25, 0.3) is 0 Å². The molecule has 96 valence electrons. The van der Waals surface area contributed by atoms with Crippen LogP contribution in [0.15, 0.2) is 18.2 Å². The fourth-order valence-corrected chi connectivity index (χ4v) is 3.26. The second kappa shape index (κ2) is 4.52. The Hall–Kier alpha value is -1.13. The fraction of sp³-hybridized carbons (Fsp3) is 0.500.